The number of β-lactam (4-membered cyclic amide) rings is 1. The Labute approximate surface area is 156 Å². The number of aromatic nitrogens is 1. The van der Waals surface area contributed by atoms with Crippen LogP contribution in [0.1, 0.15) is 19.5 Å². The highest BCUT2D eigenvalue weighted by Crippen LogP contribution is 2.17. The molecular formula is C12H15N5O8S2. The van der Waals surface area contributed by atoms with Crippen molar-refractivity contribution in [3.8, 4) is 0 Å². The summed E-state index contributed by atoms with van der Waals surface area (Å²) in [5, 5.41) is 16.2. The van der Waals surface area contributed by atoms with Gasteiger partial charge in [0, 0.05) is 5.38 Å². The van der Waals surface area contributed by atoms with Gasteiger partial charge in [-0.2, -0.15) is 8.42 Å². The van der Waals surface area contributed by atoms with Crippen LogP contribution in [0.25, 0.3) is 0 Å². The van der Waals surface area contributed by atoms with Gasteiger partial charge in [0.15, 0.2) is 10.8 Å². The fourth-order valence-electron chi connectivity index (χ4n) is 1.74. The van der Waals surface area contributed by atoms with E-state index in [1.807, 2.05) is 0 Å². The van der Waals surface area contributed by atoms with E-state index in [4.69, 9.17) is 20.2 Å². The van der Waals surface area contributed by atoms with E-state index >= 15 is 0 Å². The number of rotatable bonds is 7. The molecule has 1 atom stereocenters. The van der Waals surface area contributed by atoms with E-state index in [-0.39, 0.29) is 15.1 Å². The summed E-state index contributed by atoms with van der Waals surface area (Å²) in [6.07, 6.45) is 0. The first-order valence-corrected chi connectivity index (χ1v) is 9.41. The van der Waals surface area contributed by atoms with Crippen molar-refractivity contribution in [2.45, 2.75) is 25.5 Å². The second-order valence-electron chi connectivity index (χ2n) is 5.79. The van der Waals surface area contributed by atoms with Crippen molar-refractivity contribution >= 4 is 50.3 Å². The van der Waals surface area contributed by atoms with E-state index in [2.05, 4.69) is 15.5 Å². The van der Waals surface area contributed by atoms with Gasteiger partial charge in [-0.15, -0.1) is 11.3 Å². The number of amides is 2. The third kappa shape index (κ3) is 4.50. The Balaban J connectivity index is 2.20. The average molecular weight is 421 g/mol. The van der Waals surface area contributed by atoms with Crippen molar-refractivity contribution in [2.24, 2.45) is 5.16 Å². The summed E-state index contributed by atoms with van der Waals surface area (Å²) in [5.41, 5.74) is 3.25. The fraction of sp³-hybridized carbons (Fsp3) is 0.417. The molecule has 0 aromatic carbocycles. The molecule has 1 fully saturated rings. The molecule has 1 aliphatic rings. The number of aliphatic carboxylic acids is 1. The molecule has 0 radical (unpaired) electrons. The number of hydrogen-bond donors (Lipinski definition) is 4. The number of carbonyl (C=O) groups is 3. The summed E-state index contributed by atoms with van der Waals surface area (Å²) in [5.74, 6) is -3.37. The third-order valence-corrected chi connectivity index (χ3v) is 4.90. The Morgan fingerprint density at radius 3 is 2.59 bits per heavy atom. The molecule has 15 heteroatoms. The molecule has 0 saturated carbocycles. The lowest BCUT2D eigenvalue weighted by Gasteiger charge is -2.35. The summed E-state index contributed by atoms with van der Waals surface area (Å²) in [4.78, 5) is 44.0. The minimum atomic E-state index is -4.71. The maximum absolute atomic E-state index is 12.4. The van der Waals surface area contributed by atoms with Crippen LogP contribution in [-0.2, 0) is 29.5 Å². The average Bonchev–Trinajstić information content (AvgIpc) is 2.95. The molecule has 1 unspecified atom stereocenters. The number of anilines is 1. The number of carboxylic acid groups (broad SMARTS) is 1. The lowest BCUT2D eigenvalue weighted by molar-refractivity contribution is -0.161. The van der Waals surface area contributed by atoms with Crippen LogP contribution < -0.4 is 11.1 Å². The van der Waals surface area contributed by atoms with Crippen molar-refractivity contribution < 1.29 is 37.3 Å². The Morgan fingerprint density at radius 2 is 2.15 bits per heavy atom. The van der Waals surface area contributed by atoms with Gasteiger partial charge in [-0.3, -0.25) is 14.1 Å². The molecule has 0 aliphatic carbocycles. The number of nitrogens with zero attached hydrogens (tertiary/aromatic N) is 3. The minimum absolute atomic E-state index is 0.0328. The van der Waals surface area contributed by atoms with E-state index in [0.29, 0.717) is 0 Å². The molecule has 2 rings (SSSR count). The van der Waals surface area contributed by atoms with E-state index in [1.54, 1.807) is 0 Å². The van der Waals surface area contributed by atoms with Crippen molar-refractivity contribution in [3.63, 3.8) is 0 Å². The monoisotopic (exact) mass is 421 g/mol. The second-order valence-corrected chi connectivity index (χ2v) is 8.02. The summed E-state index contributed by atoms with van der Waals surface area (Å²) in [6.45, 7) is 1.92. The van der Waals surface area contributed by atoms with Gasteiger partial charge in [-0.1, -0.05) is 5.16 Å². The van der Waals surface area contributed by atoms with Crippen LogP contribution in [0.5, 0.6) is 0 Å². The molecule has 2 amide bonds. The quantitative estimate of drug-likeness (QED) is 0.172. The lowest BCUT2D eigenvalue weighted by atomic mass is 10.1. The summed E-state index contributed by atoms with van der Waals surface area (Å²) in [6, 6.07) is -1.23. The van der Waals surface area contributed by atoms with Gasteiger partial charge in [0.25, 0.3) is 11.8 Å². The predicted molar refractivity (Wildman–Crippen MR) is 91.1 cm³/mol. The molecule has 1 saturated heterocycles. The van der Waals surface area contributed by atoms with Gasteiger partial charge < -0.3 is 21.0 Å². The number of nitrogens with one attached hydrogen (secondary N) is 1. The number of thiazole rings is 1. The molecule has 2 heterocycles. The zero-order valence-electron chi connectivity index (χ0n) is 13.9. The molecule has 5 N–H and O–H groups in total. The second kappa shape index (κ2) is 7.09. The maximum Gasteiger partial charge on any atom is 0.362 e. The molecule has 1 aromatic heterocycles. The predicted octanol–water partition coefficient (Wildman–Crippen LogP) is -1.56. The van der Waals surface area contributed by atoms with Gasteiger partial charge in [-0.25, -0.2) is 14.1 Å². The summed E-state index contributed by atoms with van der Waals surface area (Å²) < 4.78 is 30.8. The minimum Gasteiger partial charge on any atom is -0.478 e. The highest BCUT2D eigenvalue weighted by Gasteiger charge is 2.45. The van der Waals surface area contributed by atoms with E-state index in [0.717, 1.165) is 11.3 Å². The van der Waals surface area contributed by atoms with Crippen molar-refractivity contribution in [2.75, 3.05) is 12.3 Å². The highest BCUT2D eigenvalue weighted by atomic mass is 32.2. The first-order chi connectivity index (χ1) is 12.3. The Hall–Kier alpha value is -2.78. The molecule has 0 bridgehead atoms. The molecule has 0 spiro atoms. The zero-order chi connectivity index (χ0) is 20.6. The van der Waals surface area contributed by atoms with Crippen LogP contribution in [0.2, 0.25) is 0 Å². The number of carbonyl (C=O) groups excluding carboxylic acids is 2. The van der Waals surface area contributed by atoms with E-state index in [9.17, 15) is 22.8 Å². The number of oxime groups is 1. The number of nitrogens with two attached hydrogens (primary N) is 1. The standard InChI is InChI=1S/C12H15N5O8S2/c1-12(2,10(20)21)25-16-7(6-4-26-11(13)15-6)8(18)14-5-3-17(9(5)19)27(22,23)24/h4-5H,3H2,1-2H3,(H2,13,15)(H,14,18)(H,20,21)(H,22,23,24)/b16-7-. The van der Waals surface area contributed by atoms with Gasteiger partial charge in [-0.05, 0) is 13.8 Å². The molecule has 13 nitrogen and oxygen atoms in total. The number of nitrogen functional groups attached to an aromatic ring is 1. The largest absolute Gasteiger partial charge is 0.478 e. The first kappa shape index (κ1) is 20.5. The van der Waals surface area contributed by atoms with Crippen molar-refractivity contribution in [3.05, 3.63) is 11.1 Å². The van der Waals surface area contributed by atoms with Crippen LogP contribution >= 0.6 is 11.3 Å². The van der Waals surface area contributed by atoms with Crippen LogP contribution in [0.3, 0.4) is 0 Å². The third-order valence-electron chi connectivity index (χ3n) is 3.34. The van der Waals surface area contributed by atoms with Crippen LogP contribution in [0.15, 0.2) is 10.5 Å². The molecule has 1 aromatic rings. The maximum atomic E-state index is 12.4. The van der Waals surface area contributed by atoms with Crippen LogP contribution in [0, 0.1) is 0 Å². The molecule has 148 valence electrons. The van der Waals surface area contributed by atoms with Crippen molar-refractivity contribution in [1.29, 1.82) is 0 Å². The molecule has 1 aliphatic heterocycles. The lowest BCUT2D eigenvalue weighted by Crippen LogP contribution is -2.65. The first-order valence-electron chi connectivity index (χ1n) is 7.13. The number of hydrogen-bond acceptors (Lipinski definition) is 10. The zero-order valence-corrected chi connectivity index (χ0v) is 15.6. The van der Waals surface area contributed by atoms with E-state index in [1.165, 1.54) is 19.2 Å². The van der Waals surface area contributed by atoms with E-state index < -0.39 is 52.0 Å². The summed E-state index contributed by atoms with van der Waals surface area (Å²) >= 11 is 0.979. The molecular weight excluding hydrogens is 406 g/mol. The van der Waals surface area contributed by atoms with Gasteiger partial charge >= 0.3 is 16.3 Å². The fourth-order valence-corrected chi connectivity index (χ4v) is 2.98. The topological polar surface area (TPSA) is 202 Å². The smallest absolute Gasteiger partial charge is 0.362 e. The highest BCUT2D eigenvalue weighted by molar-refractivity contribution is 7.84. The van der Waals surface area contributed by atoms with Gasteiger partial charge in [0.1, 0.15) is 11.7 Å². The summed E-state index contributed by atoms with van der Waals surface area (Å²) in [7, 11) is -4.71. The van der Waals surface area contributed by atoms with Crippen LogP contribution in [-0.4, -0.2) is 69.0 Å². The van der Waals surface area contributed by atoms with Gasteiger partial charge in [0.2, 0.25) is 5.60 Å². The molecule has 27 heavy (non-hydrogen) atoms. The Morgan fingerprint density at radius 1 is 1.52 bits per heavy atom. The normalized spacial score (nSPS) is 18.0. The van der Waals surface area contributed by atoms with Gasteiger partial charge in [0.05, 0.1) is 6.54 Å². The van der Waals surface area contributed by atoms with Crippen LogP contribution in [0.4, 0.5) is 5.13 Å². The Bertz CT molecular complexity index is 922. The Kier molecular flexibility index (Phi) is 5.39. The van der Waals surface area contributed by atoms with Crippen molar-refractivity contribution in [1.82, 2.24) is 14.6 Å². The number of carboxylic acids is 1. The SMILES string of the molecule is CC(C)(O/N=C(\C(=O)NC1CN(S(=O)(=O)O)C1=O)c1csc(N)n1)C(=O)O.